The van der Waals surface area contributed by atoms with E-state index in [1.807, 2.05) is 25.1 Å². The molecule has 0 aliphatic carbocycles. The van der Waals surface area contributed by atoms with E-state index in [4.69, 9.17) is 11.6 Å². The zero-order valence-corrected chi connectivity index (χ0v) is 12.0. The lowest BCUT2D eigenvalue weighted by molar-refractivity contribution is 0.149. The number of nitrogens with zero attached hydrogens (tertiary/aromatic N) is 2. The third kappa shape index (κ3) is 3.17. The van der Waals surface area contributed by atoms with Crippen LogP contribution in [0.1, 0.15) is 43.5 Å². The predicted octanol–water partition coefficient (Wildman–Crippen LogP) is 3.78. The van der Waals surface area contributed by atoms with Gasteiger partial charge in [-0.25, -0.2) is 0 Å². The molecule has 1 aromatic carbocycles. The second kappa shape index (κ2) is 6.22. The minimum Gasteiger partial charge on any atom is -0.387 e. The van der Waals surface area contributed by atoms with Gasteiger partial charge in [-0.1, -0.05) is 48.9 Å². The molecular weight excluding hydrogens is 260 g/mol. The number of halogens is 1. The highest BCUT2D eigenvalue weighted by Crippen LogP contribution is 2.31. The van der Waals surface area contributed by atoms with Crippen LogP contribution in [-0.4, -0.2) is 14.9 Å². The quantitative estimate of drug-likeness (QED) is 0.904. The van der Waals surface area contributed by atoms with Crippen molar-refractivity contribution in [1.82, 2.24) is 9.78 Å². The number of aliphatic hydroxyl groups is 1. The van der Waals surface area contributed by atoms with Gasteiger partial charge in [0.25, 0.3) is 0 Å². The second-order valence-corrected chi connectivity index (χ2v) is 5.16. The second-order valence-electron chi connectivity index (χ2n) is 4.76. The van der Waals surface area contributed by atoms with Crippen molar-refractivity contribution in [2.45, 2.75) is 38.8 Å². The van der Waals surface area contributed by atoms with Crippen molar-refractivity contribution in [3.05, 3.63) is 52.8 Å². The highest BCUT2D eigenvalue weighted by atomic mass is 35.5. The fourth-order valence-electron chi connectivity index (χ4n) is 2.32. The average Bonchev–Trinajstić information content (AvgIpc) is 2.80. The van der Waals surface area contributed by atoms with E-state index in [2.05, 4.69) is 24.2 Å². The van der Waals surface area contributed by atoms with E-state index in [1.54, 1.807) is 10.9 Å². The van der Waals surface area contributed by atoms with Crippen LogP contribution in [0, 0.1) is 0 Å². The van der Waals surface area contributed by atoms with E-state index in [0.29, 0.717) is 23.7 Å². The van der Waals surface area contributed by atoms with Crippen molar-refractivity contribution in [2.24, 2.45) is 0 Å². The molecule has 19 heavy (non-hydrogen) atoms. The summed E-state index contributed by atoms with van der Waals surface area (Å²) in [5.41, 5.74) is 1.94. The Balaban J connectivity index is 2.13. The van der Waals surface area contributed by atoms with Crippen LogP contribution >= 0.6 is 11.6 Å². The Morgan fingerprint density at radius 3 is 2.63 bits per heavy atom. The molecule has 0 aliphatic rings. The van der Waals surface area contributed by atoms with E-state index >= 15 is 0 Å². The molecule has 102 valence electrons. The summed E-state index contributed by atoms with van der Waals surface area (Å²) in [5.74, 6) is 0.271. The largest absolute Gasteiger partial charge is 0.387 e. The van der Waals surface area contributed by atoms with Gasteiger partial charge < -0.3 is 5.11 Å². The van der Waals surface area contributed by atoms with Crippen molar-refractivity contribution < 1.29 is 5.11 Å². The normalized spacial score (nSPS) is 14.3. The molecule has 1 heterocycles. The predicted molar refractivity (Wildman–Crippen MR) is 77.3 cm³/mol. The number of aryl methyl sites for hydroxylation is 1. The summed E-state index contributed by atoms with van der Waals surface area (Å²) in [5, 5.41) is 15.1. The van der Waals surface area contributed by atoms with Crippen molar-refractivity contribution in [2.75, 3.05) is 0 Å². The minimum absolute atomic E-state index is 0.271. The van der Waals surface area contributed by atoms with E-state index in [-0.39, 0.29) is 5.92 Å². The highest BCUT2D eigenvalue weighted by molar-refractivity contribution is 6.31. The van der Waals surface area contributed by atoms with Crippen LogP contribution in [-0.2, 0) is 6.54 Å². The van der Waals surface area contributed by atoms with Gasteiger partial charge in [0, 0.05) is 6.54 Å². The SMILES string of the molecule is CCn1ncc(Cl)c1C(O)CC(C)c1ccccc1. The Kier molecular flexibility index (Phi) is 4.61. The standard InChI is InChI=1S/C15H19ClN2O/c1-3-18-15(13(16)10-17-18)14(19)9-11(2)12-7-5-4-6-8-12/h4-8,10-11,14,19H,3,9H2,1-2H3. The number of rotatable bonds is 5. The summed E-state index contributed by atoms with van der Waals surface area (Å²) < 4.78 is 1.75. The molecule has 0 spiro atoms. The summed E-state index contributed by atoms with van der Waals surface area (Å²) >= 11 is 6.10. The third-order valence-corrected chi connectivity index (χ3v) is 3.69. The summed E-state index contributed by atoms with van der Waals surface area (Å²) in [4.78, 5) is 0. The first-order valence-corrected chi connectivity index (χ1v) is 6.95. The summed E-state index contributed by atoms with van der Waals surface area (Å²) in [7, 11) is 0. The molecule has 1 aromatic heterocycles. The van der Waals surface area contributed by atoms with Gasteiger partial charge in [-0.05, 0) is 24.8 Å². The monoisotopic (exact) mass is 278 g/mol. The van der Waals surface area contributed by atoms with Crippen LogP contribution in [0.5, 0.6) is 0 Å². The lowest BCUT2D eigenvalue weighted by atomic mass is 9.94. The maximum Gasteiger partial charge on any atom is 0.0977 e. The van der Waals surface area contributed by atoms with Crippen molar-refractivity contribution in [3.63, 3.8) is 0 Å². The molecular formula is C15H19ClN2O. The zero-order chi connectivity index (χ0) is 13.8. The lowest BCUT2D eigenvalue weighted by Gasteiger charge is -2.18. The van der Waals surface area contributed by atoms with Gasteiger partial charge in [0.15, 0.2) is 0 Å². The molecule has 2 rings (SSSR count). The topological polar surface area (TPSA) is 38.0 Å². The van der Waals surface area contributed by atoms with Gasteiger partial charge in [-0.3, -0.25) is 4.68 Å². The van der Waals surface area contributed by atoms with E-state index in [9.17, 15) is 5.11 Å². The van der Waals surface area contributed by atoms with Crippen LogP contribution in [0.2, 0.25) is 5.02 Å². The number of benzene rings is 1. The van der Waals surface area contributed by atoms with Gasteiger partial charge in [-0.2, -0.15) is 5.10 Å². The van der Waals surface area contributed by atoms with Crippen LogP contribution in [0.15, 0.2) is 36.5 Å². The Labute approximate surface area is 118 Å². The summed E-state index contributed by atoms with van der Waals surface area (Å²) in [6.07, 6.45) is 1.64. The lowest BCUT2D eigenvalue weighted by Crippen LogP contribution is -2.11. The Bertz CT molecular complexity index is 524. The van der Waals surface area contributed by atoms with Crippen molar-refractivity contribution in [1.29, 1.82) is 0 Å². The fourth-order valence-corrected chi connectivity index (χ4v) is 2.59. The molecule has 0 saturated carbocycles. The number of hydrogen-bond acceptors (Lipinski definition) is 2. The molecule has 0 aliphatic heterocycles. The molecule has 2 aromatic rings. The smallest absolute Gasteiger partial charge is 0.0977 e. The molecule has 0 fully saturated rings. The first-order valence-electron chi connectivity index (χ1n) is 6.57. The number of aromatic nitrogens is 2. The Morgan fingerprint density at radius 1 is 1.32 bits per heavy atom. The first kappa shape index (κ1) is 14.1. The van der Waals surface area contributed by atoms with Crippen LogP contribution < -0.4 is 0 Å². The Hall–Kier alpha value is -1.32. The number of hydrogen-bond donors (Lipinski definition) is 1. The summed E-state index contributed by atoms with van der Waals surface area (Å²) in [6.45, 7) is 4.80. The zero-order valence-electron chi connectivity index (χ0n) is 11.3. The van der Waals surface area contributed by atoms with Crippen LogP contribution in [0.3, 0.4) is 0 Å². The molecule has 2 atom stereocenters. The van der Waals surface area contributed by atoms with Crippen molar-refractivity contribution >= 4 is 11.6 Å². The number of aliphatic hydroxyl groups excluding tert-OH is 1. The van der Waals surface area contributed by atoms with Gasteiger partial charge >= 0.3 is 0 Å². The maximum atomic E-state index is 10.4. The maximum absolute atomic E-state index is 10.4. The van der Waals surface area contributed by atoms with Crippen LogP contribution in [0.4, 0.5) is 0 Å². The highest BCUT2D eigenvalue weighted by Gasteiger charge is 2.20. The van der Waals surface area contributed by atoms with E-state index in [1.165, 1.54) is 5.56 Å². The molecule has 0 amide bonds. The third-order valence-electron chi connectivity index (χ3n) is 3.39. The molecule has 0 bridgehead atoms. The van der Waals surface area contributed by atoms with Gasteiger partial charge in [0.2, 0.25) is 0 Å². The fraction of sp³-hybridized carbons (Fsp3) is 0.400. The molecule has 4 heteroatoms. The summed E-state index contributed by atoms with van der Waals surface area (Å²) in [6, 6.07) is 10.2. The van der Waals surface area contributed by atoms with Gasteiger partial charge in [0.1, 0.15) is 0 Å². The average molecular weight is 279 g/mol. The van der Waals surface area contributed by atoms with Gasteiger partial charge in [-0.15, -0.1) is 0 Å². The van der Waals surface area contributed by atoms with E-state index < -0.39 is 6.10 Å². The first-order chi connectivity index (χ1) is 9.13. The molecule has 0 radical (unpaired) electrons. The Morgan fingerprint density at radius 2 is 2.00 bits per heavy atom. The molecule has 1 N–H and O–H groups in total. The molecule has 2 unspecified atom stereocenters. The minimum atomic E-state index is -0.592. The van der Waals surface area contributed by atoms with Crippen molar-refractivity contribution in [3.8, 4) is 0 Å². The van der Waals surface area contributed by atoms with Gasteiger partial charge in [0.05, 0.1) is 23.0 Å². The molecule has 0 saturated heterocycles. The molecule has 3 nitrogen and oxygen atoms in total. The van der Waals surface area contributed by atoms with E-state index in [0.717, 1.165) is 0 Å². The van der Waals surface area contributed by atoms with Crippen LogP contribution in [0.25, 0.3) is 0 Å².